The molecule has 0 spiro atoms. The molecular weight excluding hydrogens is 434 g/mol. The molecule has 0 unspecified atom stereocenters. The smallest absolute Gasteiger partial charge is 0.331 e. The zero-order valence-electron chi connectivity index (χ0n) is 19.9. The molecule has 8 nitrogen and oxygen atoms in total. The monoisotopic (exact) mass is 461 g/mol. The molecule has 0 aliphatic carbocycles. The highest BCUT2D eigenvalue weighted by atomic mass is 16.5. The van der Waals surface area contributed by atoms with E-state index < -0.39 is 6.10 Å². The van der Waals surface area contributed by atoms with Crippen LogP contribution in [-0.4, -0.2) is 34.5 Å². The summed E-state index contributed by atoms with van der Waals surface area (Å²) in [4.78, 5) is 26.5. The van der Waals surface area contributed by atoms with Crippen molar-refractivity contribution in [1.82, 2.24) is 13.7 Å². The number of methoxy groups -OCH3 is 2. The van der Waals surface area contributed by atoms with Gasteiger partial charge in [-0.1, -0.05) is 23.8 Å². The highest BCUT2D eigenvalue weighted by Crippen LogP contribution is 2.43. The molecule has 8 heteroatoms. The molecule has 0 bridgehead atoms. The first-order valence-electron chi connectivity index (χ1n) is 11.1. The third-order valence-electron chi connectivity index (χ3n) is 6.57. The highest BCUT2D eigenvalue weighted by molar-refractivity contribution is 5.96. The Labute approximate surface area is 196 Å². The van der Waals surface area contributed by atoms with Gasteiger partial charge in [0.2, 0.25) is 0 Å². The van der Waals surface area contributed by atoms with Crippen LogP contribution in [0.3, 0.4) is 0 Å². The molecule has 0 radical (unpaired) electrons. The summed E-state index contributed by atoms with van der Waals surface area (Å²) >= 11 is 0. The van der Waals surface area contributed by atoms with Crippen LogP contribution in [-0.2, 0) is 25.4 Å². The van der Waals surface area contributed by atoms with E-state index in [1.54, 1.807) is 25.8 Å². The van der Waals surface area contributed by atoms with E-state index in [0.29, 0.717) is 35.6 Å². The van der Waals surface area contributed by atoms with E-state index >= 15 is 0 Å². The van der Waals surface area contributed by atoms with Crippen molar-refractivity contribution in [1.29, 1.82) is 0 Å². The lowest BCUT2D eigenvalue weighted by Gasteiger charge is -2.28. The minimum atomic E-state index is -0.534. The van der Waals surface area contributed by atoms with Crippen LogP contribution < -0.4 is 20.7 Å². The molecule has 5 rings (SSSR count). The summed E-state index contributed by atoms with van der Waals surface area (Å²) in [7, 11) is 6.41. The van der Waals surface area contributed by atoms with E-state index in [2.05, 4.69) is 10.6 Å². The lowest BCUT2D eigenvalue weighted by atomic mass is 10.0. The topological polar surface area (TPSA) is 76.6 Å². The Morgan fingerprint density at radius 1 is 1.00 bits per heavy atom. The first-order valence-corrected chi connectivity index (χ1v) is 11.1. The second-order valence-electron chi connectivity index (χ2n) is 8.54. The maximum atomic E-state index is 13.5. The lowest BCUT2D eigenvalue weighted by molar-refractivity contribution is 0.0463. The number of rotatable bonds is 4. The second kappa shape index (κ2) is 8.22. The number of benzene rings is 2. The highest BCUT2D eigenvalue weighted by Gasteiger charge is 2.34. The molecule has 3 heterocycles. The van der Waals surface area contributed by atoms with Crippen molar-refractivity contribution in [3.63, 3.8) is 0 Å². The van der Waals surface area contributed by atoms with Gasteiger partial charge < -0.3 is 18.8 Å². The van der Waals surface area contributed by atoms with Crippen LogP contribution in [0, 0.1) is 6.92 Å². The summed E-state index contributed by atoms with van der Waals surface area (Å²) < 4.78 is 22.1. The van der Waals surface area contributed by atoms with E-state index in [1.165, 1.54) is 7.05 Å². The van der Waals surface area contributed by atoms with Crippen molar-refractivity contribution in [2.24, 2.45) is 14.1 Å². The molecular formula is C26H27N3O5. The molecule has 0 amide bonds. The Morgan fingerprint density at radius 3 is 2.50 bits per heavy atom. The number of hydrogen-bond acceptors (Lipinski definition) is 5. The molecule has 2 aromatic heterocycles. The standard InChI is InChI=1S/C26H27N3O5/c1-15-7-6-8-16(13-15)21-20-22(27(2)26(31)28(3)25(20)30)23-24(34-12-11-29(21)23)18-10-9-17(32-4)14-19(18)33-5/h6-10,13-14,24H,11-12H2,1-5H3/t24-/m1/s1. The number of nitrogens with zero attached hydrogens (tertiary/aromatic N) is 3. The molecule has 0 N–H and O–H groups in total. The number of aryl methyl sites for hydroxylation is 2. The van der Waals surface area contributed by atoms with Crippen LogP contribution in [0.15, 0.2) is 52.1 Å². The van der Waals surface area contributed by atoms with Gasteiger partial charge in [-0.3, -0.25) is 13.9 Å². The first kappa shape index (κ1) is 22.0. The third kappa shape index (κ3) is 3.17. The van der Waals surface area contributed by atoms with Gasteiger partial charge in [0.1, 0.15) is 17.6 Å². The first-order chi connectivity index (χ1) is 16.4. The van der Waals surface area contributed by atoms with Crippen molar-refractivity contribution in [3.8, 4) is 22.8 Å². The van der Waals surface area contributed by atoms with Crippen molar-refractivity contribution in [2.75, 3.05) is 20.8 Å². The van der Waals surface area contributed by atoms with Gasteiger partial charge in [-0.05, 0) is 30.7 Å². The number of fused-ring (bicyclic) bond motifs is 3. The summed E-state index contributed by atoms with van der Waals surface area (Å²) in [6.07, 6.45) is -0.534. The SMILES string of the molecule is COc1ccc([C@H]2OCCn3c(-c4cccc(C)c4)c4c(=O)n(C)c(=O)n(C)c4c32)c(OC)c1. The Bertz CT molecular complexity index is 1540. The largest absolute Gasteiger partial charge is 0.497 e. The average Bonchev–Trinajstić information content (AvgIpc) is 3.21. The van der Waals surface area contributed by atoms with Crippen LogP contribution in [0.2, 0.25) is 0 Å². The molecule has 0 fully saturated rings. The van der Waals surface area contributed by atoms with E-state index in [4.69, 9.17) is 14.2 Å². The summed E-state index contributed by atoms with van der Waals surface area (Å²) in [5.74, 6) is 1.27. The summed E-state index contributed by atoms with van der Waals surface area (Å²) in [6.45, 7) is 3.02. The molecule has 1 atom stereocenters. The summed E-state index contributed by atoms with van der Waals surface area (Å²) in [5, 5.41) is 0.508. The fraction of sp³-hybridized carbons (Fsp3) is 0.308. The molecule has 4 aromatic rings. The normalized spacial score (nSPS) is 15.4. The minimum absolute atomic E-state index is 0.322. The van der Waals surface area contributed by atoms with Crippen molar-refractivity contribution >= 4 is 10.9 Å². The van der Waals surface area contributed by atoms with E-state index in [-0.39, 0.29) is 11.2 Å². The zero-order chi connectivity index (χ0) is 24.1. The Hall–Kier alpha value is -3.78. The van der Waals surface area contributed by atoms with Crippen molar-refractivity contribution in [2.45, 2.75) is 19.6 Å². The van der Waals surface area contributed by atoms with E-state index in [1.807, 2.05) is 43.3 Å². The molecule has 0 saturated heterocycles. The average molecular weight is 462 g/mol. The van der Waals surface area contributed by atoms with Crippen LogP contribution in [0.1, 0.15) is 22.9 Å². The predicted octanol–water partition coefficient (Wildman–Crippen LogP) is 3.15. The van der Waals surface area contributed by atoms with Crippen molar-refractivity contribution in [3.05, 3.63) is 80.1 Å². The maximum absolute atomic E-state index is 13.5. The van der Waals surface area contributed by atoms with Gasteiger partial charge in [-0.25, -0.2) is 4.79 Å². The number of ether oxygens (including phenoxy) is 3. The van der Waals surface area contributed by atoms with Crippen LogP contribution in [0.25, 0.3) is 22.2 Å². The van der Waals surface area contributed by atoms with E-state index in [0.717, 1.165) is 32.6 Å². The predicted molar refractivity (Wildman–Crippen MR) is 130 cm³/mol. The summed E-state index contributed by atoms with van der Waals surface area (Å²) in [5.41, 5.74) is 4.24. The number of hydrogen-bond donors (Lipinski definition) is 0. The Kier molecular flexibility index (Phi) is 5.32. The van der Waals surface area contributed by atoms with Gasteiger partial charge in [0.25, 0.3) is 5.56 Å². The number of aromatic nitrogens is 3. The molecule has 1 aliphatic rings. The Balaban J connectivity index is 1.92. The van der Waals surface area contributed by atoms with Crippen LogP contribution >= 0.6 is 0 Å². The molecule has 2 aromatic carbocycles. The van der Waals surface area contributed by atoms with Gasteiger partial charge >= 0.3 is 5.69 Å². The molecule has 1 aliphatic heterocycles. The van der Waals surface area contributed by atoms with Crippen LogP contribution in [0.4, 0.5) is 0 Å². The minimum Gasteiger partial charge on any atom is -0.497 e. The fourth-order valence-electron chi connectivity index (χ4n) is 4.94. The van der Waals surface area contributed by atoms with Gasteiger partial charge in [-0.2, -0.15) is 0 Å². The lowest BCUT2D eigenvalue weighted by Crippen LogP contribution is -2.37. The van der Waals surface area contributed by atoms with Gasteiger partial charge in [0, 0.05) is 32.3 Å². The second-order valence-corrected chi connectivity index (χ2v) is 8.54. The molecule has 34 heavy (non-hydrogen) atoms. The van der Waals surface area contributed by atoms with Gasteiger partial charge in [0.15, 0.2) is 0 Å². The van der Waals surface area contributed by atoms with Gasteiger partial charge in [0.05, 0.1) is 43.1 Å². The summed E-state index contributed by atoms with van der Waals surface area (Å²) in [6, 6.07) is 13.6. The molecule has 176 valence electrons. The quantitative estimate of drug-likeness (QED) is 0.467. The van der Waals surface area contributed by atoms with Crippen LogP contribution in [0.5, 0.6) is 11.5 Å². The van der Waals surface area contributed by atoms with Gasteiger partial charge in [-0.15, -0.1) is 0 Å². The maximum Gasteiger partial charge on any atom is 0.331 e. The fourth-order valence-corrected chi connectivity index (χ4v) is 4.94. The molecule has 0 saturated carbocycles. The van der Waals surface area contributed by atoms with Crippen molar-refractivity contribution < 1.29 is 14.2 Å². The zero-order valence-corrected chi connectivity index (χ0v) is 19.9. The third-order valence-corrected chi connectivity index (χ3v) is 6.57. The Morgan fingerprint density at radius 2 is 1.79 bits per heavy atom. The van der Waals surface area contributed by atoms with E-state index in [9.17, 15) is 9.59 Å².